The van der Waals surface area contributed by atoms with Crippen LogP contribution >= 0.6 is 0 Å². The van der Waals surface area contributed by atoms with Crippen LogP contribution in [0, 0.1) is 13.8 Å². The van der Waals surface area contributed by atoms with Gasteiger partial charge in [-0.1, -0.05) is 19.3 Å². The van der Waals surface area contributed by atoms with Crippen molar-refractivity contribution in [2.75, 3.05) is 57.4 Å². The first kappa shape index (κ1) is 48.8. The number of ether oxygens (including phenoxy) is 3. The van der Waals surface area contributed by atoms with Crippen LogP contribution < -0.4 is 9.80 Å². The number of anilines is 2. The summed E-state index contributed by atoms with van der Waals surface area (Å²) in [6.07, 6.45) is 8.21. The van der Waals surface area contributed by atoms with Gasteiger partial charge in [-0.2, -0.15) is 0 Å². The molecule has 1 fully saturated rings. The Labute approximate surface area is 357 Å². The Morgan fingerprint density at radius 2 is 1.12 bits per heavy atom. The number of hydrogen-bond acceptors (Lipinski definition) is 11. The molecule has 14 nitrogen and oxygen atoms in total. The fourth-order valence-corrected chi connectivity index (χ4v) is 11.5. The van der Waals surface area contributed by atoms with Gasteiger partial charge >= 0.3 is 5.97 Å². The van der Waals surface area contributed by atoms with E-state index in [2.05, 4.69) is 0 Å². The Bertz CT molecular complexity index is 2160. The number of amides is 3. The fraction of sp³-hybridized carbons (Fsp3) is 0.636. The molecule has 3 amide bonds. The lowest BCUT2D eigenvalue weighted by atomic mass is 9.92. The maximum Gasteiger partial charge on any atom is 0.338 e. The molecular formula is C44H65N3O11S2. The number of benzene rings is 2. The number of rotatable bonds is 14. The number of carbonyl (C=O) groups is 4. The van der Waals surface area contributed by atoms with Gasteiger partial charge in [0.1, 0.15) is 9.49 Å². The first-order chi connectivity index (χ1) is 28.0. The second-order valence-corrected chi connectivity index (χ2v) is 22.1. The number of fused-ring (bicyclic) bond motifs is 2. The van der Waals surface area contributed by atoms with Gasteiger partial charge in [0.2, 0.25) is 11.8 Å². The average molecular weight is 876 g/mol. The molecule has 0 radical (unpaired) electrons. The predicted molar refractivity (Wildman–Crippen MR) is 231 cm³/mol. The standard InChI is InChI=1S/C26H40N2O5S.C18H25NO6S/c1-18(2)28(20-12-8-7-9-13-20)24(29)21-17-22-23(16-19(21)3)34(31,32)26(4,5)25(30)27(22)14-10-11-15-33-6;1-12-10-15-14(11-13(12)16(20)25-5)19(8-6-7-9-24-4)17(21)18(2,3)26(15,22)23/h16-18,20H,7-15H2,1-6H3;10-11H,6-9H2,1-5H3. The third-order valence-electron chi connectivity index (χ3n) is 12.0. The topological polar surface area (TPSA) is 174 Å². The van der Waals surface area contributed by atoms with Gasteiger partial charge in [0, 0.05) is 58.2 Å². The normalized spacial score (nSPS) is 18.9. The summed E-state index contributed by atoms with van der Waals surface area (Å²) in [7, 11) is -3.29. The SMILES string of the molecule is COCCCCN1C(=O)C(C)(C)S(=O)(=O)c2cc(C)c(C(=O)N(C(C)C)C3CCCCC3)cc21.COCCCCN1C(=O)C(C)(C)S(=O)(=O)c2cc(C)c(C(=O)OC)cc21. The van der Waals surface area contributed by atoms with Crippen molar-refractivity contribution < 1.29 is 50.2 Å². The molecule has 2 aliphatic heterocycles. The molecule has 0 unspecified atom stereocenters. The van der Waals surface area contributed by atoms with Crippen molar-refractivity contribution >= 4 is 54.7 Å². The van der Waals surface area contributed by atoms with Crippen molar-refractivity contribution in [3.8, 4) is 0 Å². The Morgan fingerprint density at radius 3 is 1.52 bits per heavy atom. The summed E-state index contributed by atoms with van der Waals surface area (Å²) >= 11 is 0. The molecule has 16 heteroatoms. The Hall–Kier alpha value is -3.86. The average Bonchev–Trinajstić information content (AvgIpc) is 3.19. The number of hydrogen-bond donors (Lipinski definition) is 0. The van der Waals surface area contributed by atoms with E-state index in [-0.39, 0.29) is 39.0 Å². The minimum Gasteiger partial charge on any atom is -0.465 e. The zero-order chi connectivity index (χ0) is 45.0. The Balaban J connectivity index is 0.000000275. The van der Waals surface area contributed by atoms with Gasteiger partial charge in [0.05, 0.1) is 33.8 Å². The third-order valence-corrected chi connectivity index (χ3v) is 16.8. The first-order valence-corrected chi connectivity index (χ1v) is 23.8. The minimum absolute atomic E-state index is 0.0282. The smallest absolute Gasteiger partial charge is 0.338 e. The summed E-state index contributed by atoms with van der Waals surface area (Å²) < 4.78 is 64.6. The highest BCUT2D eigenvalue weighted by Crippen LogP contribution is 2.43. The molecule has 334 valence electrons. The van der Waals surface area contributed by atoms with Crippen LogP contribution in [0.5, 0.6) is 0 Å². The van der Waals surface area contributed by atoms with E-state index in [1.54, 1.807) is 45.1 Å². The summed E-state index contributed by atoms with van der Waals surface area (Å²) in [4.78, 5) is 57.3. The second-order valence-electron chi connectivity index (χ2n) is 17.2. The van der Waals surface area contributed by atoms with Crippen molar-refractivity contribution in [1.29, 1.82) is 0 Å². The number of unbranched alkanes of at least 4 members (excludes halogenated alkanes) is 2. The van der Waals surface area contributed by atoms with Crippen LogP contribution in [-0.2, 0) is 43.5 Å². The molecule has 5 rings (SSSR count). The molecule has 0 bridgehead atoms. The van der Waals surface area contributed by atoms with Crippen LogP contribution in [0.3, 0.4) is 0 Å². The predicted octanol–water partition coefficient (Wildman–Crippen LogP) is 6.61. The second kappa shape index (κ2) is 19.5. The van der Waals surface area contributed by atoms with Crippen LogP contribution in [-0.4, -0.2) is 115 Å². The Morgan fingerprint density at radius 1 is 0.700 bits per heavy atom. The molecule has 1 aliphatic carbocycles. The van der Waals surface area contributed by atoms with Gasteiger partial charge in [0.15, 0.2) is 19.7 Å². The number of esters is 1. The van der Waals surface area contributed by atoms with Gasteiger partial charge in [0.25, 0.3) is 5.91 Å². The number of nitrogens with zero attached hydrogens (tertiary/aromatic N) is 3. The number of methoxy groups -OCH3 is 3. The van der Waals surface area contributed by atoms with Crippen molar-refractivity contribution in [3.05, 3.63) is 46.5 Å². The van der Waals surface area contributed by atoms with Crippen LogP contribution in [0.15, 0.2) is 34.1 Å². The van der Waals surface area contributed by atoms with E-state index in [4.69, 9.17) is 14.2 Å². The maximum absolute atomic E-state index is 13.8. The summed E-state index contributed by atoms with van der Waals surface area (Å²) in [6, 6.07) is 6.34. The number of aryl methyl sites for hydroxylation is 2. The highest BCUT2D eigenvalue weighted by molar-refractivity contribution is 7.94. The van der Waals surface area contributed by atoms with Crippen molar-refractivity contribution in [2.45, 2.75) is 145 Å². The van der Waals surface area contributed by atoms with Gasteiger partial charge in [-0.05, 0) is 129 Å². The molecule has 60 heavy (non-hydrogen) atoms. The highest BCUT2D eigenvalue weighted by atomic mass is 32.2. The lowest BCUT2D eigenvalue weighted by Crippen LogP contribution is -2.54. The van der Waals surface area contributed by atoms with Crippen LogP contribution in [0.25, 0.3) is 0 Å². The van der Waals surface area contributed by atoms with E-state index in [9.17, 15) is 36.0 Å². The fourth-order valence-electron chi connectivity index (χ4n) is 8.20. The highest BCUT2D eigenvalue weighted by Gasteiger charge is 2.52. The first-order valence-electron chi connectivity index (χ1n) is 20.9. The quantitative estimate of drug-likeness (QED) is 0.148. The van der Waals surface area contributed by atoms with Gasteiger partial charge < -0.3 is 28.9 Å². The van der Waals surface area contributed by atoms with E-state index in [0.29, 0.717) is 61.5 Å². The molecule has 0 N–H and O–H groups in total. The lowest BCUT2D eigenvalue weighted by Gasteiger charge is -2.40. The molecule has 1 saturated carbocycles. The summed E-state index contributed by atoms with van der Waals surface area (Å²) in [5.74, 6) is -1.61. The van der Waals surface area contributed by atoms with E-state index < -0.39 is 47.0 Å². The summed E-state index contributed by atoms with van der Waals surface area (Å²) in [6.45, 7) is 15.1. The Kier molecular flexibility index (Phi) is 15.8. The molecule has 3 aliphatic rings. The van der Waals surface area contributed by atoms with Crippen LogP contribution in [0.2, 0.25) is 0 Å². The molecule has 0 spiro atoms. The number of carbonyl (C=O) groups excluding carboxylic acids is 4. The lowest BCUT2D eigenvalue weighted by molar-refractivity contribution is -0.121. The van der Waals surface area contributed by atoms with E-state index >= 15 is 0 Å². The summed E-state index contributed by atoms with van der Waals surface area (Å²) in [5, 5.41) is 0. The van der Waals surface area contributed by atoms with Gasteiger partial charge in [-0.3, -0.25) is 14.4 Å². The van der Waals surface area contributed by atoms with E-state index in [1.807, 2.05) is 18.7 Å². The van der Waals surface area contributed by atoms with Gasteiger partial charge in [-0.25, -0.2) is 21.6 Å². The van der Waals surface area contributed by atoms with Crippen molar-refractivity contribution in [2.24, 2.45) is 0 Å². The minimum atomic E-state index is -3.90. The van der Waals surface area contributed by atoms with E-state index in [0.717, 1.165) is 38.5 Å². The molecule has 0 saturated heterocycles. The number of sulfone groups is 2. The van der Waals surface area contributed by atoms with Crippen LogP contribution in [0.1, 0.15) is 131 Å². The van der Waals surface area contributed by atoms with Crippen molar-refractivity contribution in [1.82, 2.24) is 4.90 Å². The molecule has 0 atom stereocenters. The monoisotopic (exact) mass is 875 g/mol. The van der Waals surface area contributed by atoms with Gasteiger partial charge in [-0.15, -0.1) is 0 Å². The molecule has 0 aromatic heterocycles. The zero-order valence-electron chi connectivity index (χ0n) is 37.3. The maximum atomic E-state index is 13.8. The van der Waals surface area contributed by atoms with Crippen LogP contribution in [0.4, 0.5) is 11.4 Å². The molecule has 2 aromatic carbocycles. The van der Waals surface area contributed by atoms with E-state index in [1.165, 1.54) is 58.3 Å². The van der Waals surface area contributed by atoms with Crippen molar-refractivity contribution in [3.63, 3.8) is 0 Å². The third kappa shape index (κ3) is 9.31. The molecule has 2 heterocycles. The molecule has 2 aromatic rings. The zero-order valence-corrected chi connectivity index (χ0v) is 38.9. The largest absolute Gasteiger partial charge is 0.465 e. The summed E-state index contributed by atoms with van der Waals surface area (Å²) in [5.41, 5.74) is 2.39. The molecular weight excluding hydrogens is 811 g/mol.